The highest BCUT2D eigenvalue weighted by Gasteiger charge is 2.05. The number of hydrogen-bond donors (Lipinski definition) is 1. The van der Waals surface area contributed by atoms with Crippen LogP contribution in [0.1, 0.15) is 0 Å². The number of anilines is 1. The Morgan fingerprint density at radius 3 is 2.61 bits per heavy atom. The number of rotatable bonds is 2. The lowest BCUT2D eigenvalue weighted by Gasteiger charge is -2.06. The Kier molecular flexibility index (Phi) is 2.49. The second kappa shape index (κ2) is 4.29. The van der Waals surface area contributed by atoms with E-state index in [0.717, 1.165) is 10.9 Å². The Morgan fingerprint density at radius 1 is 0.944 bits per heavy atom. The molecular weight excluding hydrogens is 228 g/mol. The van der Waals surface area contributed by atoms with Gasteiger partial charge < -0.3 is 10.5 Å². The molecule has 2 aromatic heterocycles. The van der Waals surface area contributed by atoms with Gasteiger partial charge in [-0.05, 0) is 24.3 Å². The van der Waals surface area contributed by atoms with Gasteiger partial charge in [-0.1, -0.05) is 6.07 Å². The molecule has 0 amide bonds. The van der Waals surface area contributed by atoms with Crippen LogP contribution in [0.25, 0.3) is 10.9 Å². The van der Waals surface area contributed by atoms with Crippen molar-refractivity contribution in [2.24, 2.45) is 0 Å². The van der Waals surface area contributed by atoms with Crippen LogP contribution in [0, 0.1) is 0 Å². The van der Waals surface area contributed by atoms with Crippen molar-refractivity contribution in [1.29, 1.82) is 0 Å². The van der Waals surface area contributed by atoms with Crippen LogP contribution < -0.4 is 10.5 Å². The molecule has 3 aromatic rings. The van der Waals surface area contributed by atoms with Gasteiger partial charge in [-0.2, -0.15) is 0 Å². The molecule has 0 radical (unpaired) electrons. The quantitative estimate of drug-likeness (QED) is 0.742. The largest absolute Gasteiger partial charge is 0.424 e. The minimum absolute atomic E-state index is 0.264. The van der Waals surface area contributed by atoms with E-state index in [1.807, 2.05) is 30.3 Å². The molecule has 0 saturated carbocycles. The van der Waals surface area contributed by atoms with E-state index in [9.17, 15) is 0 Å². The second-order valence-corrected chi connectivity index (χ2v) is 3.73. The van der Waals surface area contributed by atoms with E-state index in [2.05, 4.69) is 15.0 Å². The summed E-state index contributed by atoms with van der Waals surface area (Å²) < 4.78 is 5.63. The van der Waals surface area contributed by atoms with Crippen molar-refractivity contribution in [2.75, 3.05) is 5.73 Å². The number of pyridine rings is 1. The van der Waals surface area contributed by atoms with Gasteiger partial charge in [0.2, 0.25) is 0 Å². The number of nitrogens with two attached hydrogens (primary N) is 1. The van der Waals surface area contributed by atoms with E-state index in [1.165, 1.54) is 12.4 Å². The summed E-state index contributed by atoms with van der Waals surface area (Å²) in [5.41, 5.74) is 6.89. The fraction of sp³-hybridized carbons (Fsp3) is 0. The highest BCUT2D eigenvalue weighted by Crippen LogP contribution is 2.26. The van der Waals surface area contributed by atoms with Gasteiger partial charge in [-0.3, -0.25) is 4.98 Å². The zero-order valence-electron chi connectivity index (χ0n) is 9.45. The number of ether oxygens (including phenoxy) is 1. The first-order valence-electron chi connectivity index (χ1n) is 5.42. The number of hydrogen-bond acceptors (Lipinski definition) is 5. The van der Waals surface area contributed by atoms with Gasteiger partial charge in [0.1, 0.15) is 5.75 Å². The molecular formula is C13H10N4O. The molecule has 1 aromatic carbocycles. The molecule has 0 bridgehead atoms. The van der Waals surface area contributed by atoms with Gasteiger partial charge >= 0.3 is 6.01 Å². The molecule has 0 atom stereocenters. The molecule has 5 heteroatoms. The molecule has 18 heavy (non-hydrogen) atoms. The monoisotopic (exact) mass is 238 g/mol. The van der Waals surface area contributed by atoms with E-state index >= 15 is 0 Å². The summed E-state index contributed by atoms with van der Waals surface area (Å²) in [5.74, 6) is 0.672. The Bertz CT molecular complexity index is 677. The third kappa shape index (κ3) is 1.93. The number of aromatic nitrogens is 3. The smallest absolute Gasteiger partial charge is 0.322 e. The zero-order chi connectivity index (χ0) is 12.4. The van der Waals surface area contributed by atoms with Gasteiger partial charge in [-0.15, -0.1) is 0 Å². The molecule has 0 aliphatic heterocycles. The predicted molar refractivity (Wildman–Crippen MR) is 68.3 cm³/mol. The SMILES string of the molecule is Nc1cnc(Oc2cccc3ncccc23)nc1. The van der Waals surface area contributed by atoms with E-state index in [4.69, 9.17) is 10.5 Å². The topological polar surface area (TPSA) is 73.9 Å². The first-order valence-corrected chi connectivity index (χ1v) is 5.42. The molecule has 0 aliphatic rings. The van der Waals surface area contributed by atoms with Crippen LogP contribution >= 0.6 is 0 Å². The van der Waals surface area contributed by atoms with Crippen molar-refractivity contribution < 1.29 is 4.74 Å². The predicted octanol–water partition coefficient (Wildman–Crippen LogP) is 2.40. The second-order valence-electron chi connectivity index (χ2n) is 3.73. The maximum atomic E-state index is 5.63. The van der Waals surface area contributed by atoms with Crippen LogP contribution in [0.15, 0.2) is 48.9 Å². The Hall–Kier alpha value is -2.69. The van der Waals surface area contributed by atoms with E-state index in [-0.39, 0.29) is 6.01 Å². The molecule has 5 nitrogen and oxygen atoms in total. The average Bonchev–Trinajstić information content (AvgIpc) is 2.42. The normalized spacial score (nSPS) is 10.4. The third-order valence-electron chi connectivity index (χ3n) is 2.46. The van der Waals surface area contributed by atoms with Crippen LogP contribution in [0.3, 0.4) is 0 Å². The molecule has 3 rings (SSSR count). The number of fused-ring (bicyclic) bond motifs is 1. The lowest BCUT2D eigenvalue weighted by Crippen LogP contribution is -1.94. The van der Waals surface area contributed by atoms with Gasteiger partial charge in [-0.25, -0.2) is 9.97 Å². The summed E-state index contributed by atoms with van der Waals surface area (Å²) in [7, 11) is 0. The molecule has 0 spiro atoms. The first-order chi connectivity index (χ1) is 8.83. The summed E-state index contributed by atoms with van der Waals surface area (Å²) in [6, 6.07) is 9.71. The van der Waals surface area contributed by atoms with Gasteiger partial charge in [0.05, 0.1) is 23.6 Å². The summed E-state index contributed by atoms with van der Waals surface area (Å²) >= 11 is 0. The third-order valence-corrected chi connectivity index (χ3v) is 2.46. The van der Waals surface area contributed by atoms with Crippen molar-refractivity contribution in [1.82, 2.24) is 15.0 Å². The minimum atomic E-state index is 0.264. The fourth-order valence-electron chi connectivity index (χ4n) is 1.64. The lowest BCUT2D eigenvalue weighted by atomic mass is 10.2. The van der Waals surface area contributed by atoms with E-state index in [0.29, 0.717) is 11.4 Å². The molecule has 0 fully saturated rings. The van der Waals surface area contributed by atoms with Crippen molar-refractivity contribution in [3.63, 3.8) is 0 Å². The molecule has 2 heterocycles. The maximum absolute atomic E-state index is 5.63. The summed E-state index contributed by atoms with van der Waals surface area (Å²) in [6.45, 7) is 0. The molecule has 88 valence electrons. The number of nitrogen functional groups attached to an aromatic ring is 1. The van der Waals surface area contributed by atoms with Crippen molar-refractivity contribution in [2.45, 2.75) is 0 Å². The standard InChI is InChI=1S/C13H10N4O/c14-9-7-16-13(17-8-9)18-12-5-1-4-11-10(12)3-2-6-15-11/h1-8H,14H2. The molecule has 0 saturated heterocycles. The first kappa shape index (κ1) is 10.5. The minimum Gasteiger partial charge on any atom is -0.424 e. The van der Waals surface area contributed by atoms with Crippen LogP contribution in [0.4, 0.5) is 5.69 Å². The summed E-state index contributed by atoms with van der Waals surface area (Å²) in [5, 5.41) is 0.917. The van der Waals surface area contributed by atoms with E-state index < -0.39 is 0 Å². The number of benzene rings is 1. The molecule has 0 aliphatic carbocycles. The van der Waals surface area contributed by atoms with E-state index in [1.54, 1.807) is 6.20 Å². The van der Waals surface area contributed by atoms with Crippen LogP contribution in [0.5, 0.6) is 11.8 Å². The Morgan fingerprint density at radius 2 is 1.78 bits per heavy atom. The average molecular weight is 238 g/mol. The number of nitrogens with zero attached hydrogens (tertiary/aromatic N) is 3. The Labute approximate surface area is 103 Å². The van der Waals surface area contributed by atoms with Gasteiger partial charge in [0.25, 0.3) is 0 Å². The Balaban J connectivity index is 2.02. The van der Waals surface area contributed by atoms with Crippen LogP contribution in [0.2, 0.25) is 0 Å². The molecule has 0 unspecified atom stereocenters. The lowest BCUT2D eigenvalue weighted by molar-refractivity contribution is 0.447. The van der Waals surface area contributed by atoms with Gasteiger partial charge in [0.15, 0.2) is 0 Å². The van der Waals surface area contributed by atoms with Crippen molar-refractivity contribution >= 4 is 16.6 Å². The maximum Gasteiger partial charge on any atom is 0.322 e. The van der Waals surface area contributed by atoms with Gasteiger partial charge in [0, 0.05) is 11.6 Å². The van der Waals surface area contributed by atoms with Crippen LogP contribution in [-0.4, -0.2) is 15.0 Å². The highest BCUT2D eigenvalue weighted by atomic mass is 16.5. The van der Waals surface area contributed by atoms with Crippen molar-refractivity contribution in [3.05, 3.63) is 48.9 Å². The molecule has 2 N–H and O–H groups in total. The zero-order valence-corrected chi connectivity index (χ0v) is 9.45. The van der Waals surface area contributed by atoms with Crippen molar-refractivity contribution in [3.8, 4) is 11.8 Å². The fourth-order valence-corrected chi connectivity index (χ4v) is 1.64. The van der Waals surface area contributed by atoms with Crippen LogP contribution in [-0.2, 0) is 0 Å². The highest BCUT2D eigenvalue weighted by molar-refractivity contribution is 5.84. The summed E-state index contributed by atoms with van der Waals surface area (Å²) in [4.78, 5) is 12.3. The summed E-state index contributed by atoms with van der Waals surface area (Å²) in [6.07, 6.45) is 4.75.